The summed E-state index contributed by atoms with van der Waals surface area (Å²) in [5, 5.41) is 20.0. The van der Waals surface area contributed by atoms with E-state index in [4.69, 9.17) is 14.7 Å². The number of carbonyl (C=O) groups excluding carboxylic acids is 1. The van der Waals surface area contributed by atoms with Crippen LogP contribution in [0.1, 0.15) is 40.9 Å². The number of amides is 1. The summed E-state index contributed by atoms with van der Waals surface area (Å²) in [5.74, 6) is 0.230. The first-order valence-corrected chi connectivity index (χ1v) is 11.3. The van der Waals surface area contributed by atoms with Crippen LogP contribution in [-0.2, 0) is 17.4 Å². The van der Waals surface area contributed by atoms with Crippen molar-refractivity contribution in [2.24, 2.45) is 0 Å². The van der Waals surface area contributed by atoms with Crippen LogP contribution in [0.4, 0.5) is 13.2 Å². The fourth-order valence-electron chi connectivity index (χ4n) is 5.22. The third-order valence-corrected chi connectivity index (χ3v) is 6.87. The van der Waals surface area contributed by atoms with Gasteiger partial charge in [-0.2, -0.15) is 18.4 Å². The summed E-state index contributed by atoms with van der Waals surface area (Å²) in [6.07, 6.45) is -4.37. The van der Waals surface area contributed by atoms with Crippen molar-refractivity contribution in [1.82, 2.24) is 14.0 Å². The first kappa shape index (κ1) is 24.3. The zero-order chi connectivity index (χ0) is 26.6. The van der Waals surface area contributed by atoms with Gasteiger partial charge in [-0.1, -0.05) is 6.07 Å². The Balaban J connectivity index is 1.47. The van der Waals surface area contributed by atoms with Gasteiger partial charge in [0.05, 0.1) is 55.6 Å². The molecule has 3 heterocycles. The van der Waals surface area contributed by atoms with Gasteiger partial charge in [0.2, 0.25) is 11.8 Å². The minimum absolute atomic E-state index is 0.0415. The number of hydrogen-bond donors (Lipinski definition) is 1. The van der Waals surface area contributed by atoms with Crippen LogP contribution in [0.15, 0.2) is 41.2 Å². The normalized spacial score (nSPS) is 18.0. The van der Waals surface area contributed by atoms with Gasteiger partial charge in [-0.15, -0.1) is 0 Å². The van der Waals surface area contributed by atoms with Crippen LogP contribution in [0.5, 0.6) is 17.4 Å². The van der Waals surface area contributed by atoms with Gasteiger partial charge in [0.1, 0.15) is 5.69 Å². The van der Waals surface area contributed by atoms with Crippen LogP contribution in [0.25, 0.3) is 5.69 Å². The SMILES string of the molecule is COc1ccc(CC(=O)N2C[C@@H]3C[C@H]2c2c(O)n(-c4ccc(C#N)c(C(F)(F)F)c4)c(=O)n23)cc1OC. The molecule has 5 rings (SSSR count). The van der Waals surface area contributed by atoms with Crippen molar-refractivity contribution < 1.29 is 32.5 Å². The minimum atomic E-state index is -4.82. The average Bonchev–Trinajstić information content (AvgIpc) is 3.54. The Bertz CT molecular complexity index is 1520. The number of nitrogens with zero attached hydrogens (tertiary/aromatic N) is 4. The minimum Gasteiger partial charge on any atom is -0.493 e. The van der Waals surface area contributed by atoms with Crippen LogP contribution < -0.4 is 15.2 Å². The summed E-state index contributed by atoms with van der Waals surface area (Å²) in [7, 11) is 2.99. The van der Waals surface area contributed by atoms with Crippen molar-refractivity contribution in [3.63, 3.8) is 0 Å². The summed E-state index contributed by atoms with van der Waals surface area (Å²) in [6, 6.07) is 8.38. The number of halogens is 3. The van der Waals surface area contributed by atoms with Crippen LogP contribution in [0.2, 0.25) is 0 Å². The second kappa shape index (κ2) is 8.62. The first-order chi connectivity index (χ1) is 17.6. The molecule has 0 spiro atoms. The summed E-state index contributed by atoms with van der Waals surface area (Å²) < 4.78 is 53.0. The van der Waals surface area contributed by atoms with E-state index in [0.29, 0.717) is 29.5 Å². The van der Waals surface area contributed by atoms with E-state index >= 15 is 0 Å². The number of ether oxygens (including phenoxy) is 2. The lowest BCUT2D eigenvalue weighted by Crippen LogP contribution is -2.38. The molecule has 1 N–H and O–H groups in total. The number of hydrogen-bond acceptors (Lipinski definition) is 6. The van der Waals surface area contributed by atoms with Crippen molar-refractivity contribution >= 4 is 5.91 Å². The second-order valence-electron chi connectivity index (χ2n) is 8.85. The molecule has 0 unspecified atom stereocenters. The highest BCUT2D eigenvalue weighted by molar-refractivity contribution is 5.80. The molecule has 1 fully saturated rings. The predicted molar refractivity (Wildman–Crippen MR) is 123 cm³/mol. The van der Waals surface area contributed by atoms with Crippen LogP contribution >= 0.6 is 0 Å². The molecule has 0 radical (unpaired) electrons. The number of carbonyl (C=O) groups is 1. The summed E-state index contributed by atoms with van der Waals surface area (Å²) in [6.45, 7) is 0.230. The maximum Gasteiger partial charge on any atom is 0.417 e. The number of rotatable bonds is 5. The molecule has 2 bridgehead atoms. The highest BCUT2D eigenvalue weighted by atomic mass is 19.4. The van der Waals surface area contributed by atoms with E-state index in [2.05, 4.69) is 0 Å². The van der Waals surface area contributed by atoms with Gasteiger partial charge in [-0.3, -0.25) is 9.36 Å². The number of imidazole rings is 1. The molecule has 9 nitrogen and oxygen atoms in total. The van der Waals surface area contributed by atoms with Gasteiger partial charge in [0.15, 0.2) is 11.5 Å². The number of nitriles is 1. The maximum atomic E-state index is 13.5. The highest BCUT2D eigenvalue weighted by Gasteiger charge is 2.49. The number of fused-ring (bicyclic) bond motifs is 5. The van der Waals surface area contributed by atoms with Gasteiger partial charge in [-0.25, -0.2) is 9.36 Å². The summed E-state index contributed by atoms with van der Waals surface area (Å²) in [5.41, 5.74) is -1.87. The zero-order valence-corrected chi connectivity index (χ0v) is 19.7. The smallest absolute Gasteiger partial charge is 0.417 e. The first-order valence-electron chi connectivity index (χ1n) is 11.3. The van der Waals surface area contributed by atoms with Gasteiger partial charge in [0, 0.05) is 6.54 Å². The number of alkyl halides is 3. The van der Waals surface area contributed by atoms with E-state index < -0.39 is 41.0 Å². The van der Waals surface area contributed by atoms with E-state index in [1.54, 1.807) is 23.1 Å². The summed E-state index contributed by atoms with van der Waals surface area (Å²) in [4.78, 5) is 27.9. The monoisotopic (exact) mass is 514 g/mol. The van der Waals surface area contributed by atoms with E-state index in [1.807, 2.05) is 0 Å². The quantitative estimate of drug-likeness (QED) is 0.560. The number of aromatic hydroxyl groups is 1. The fourth-order valence-corrected chi connectivity index (χ4v) is 5.22. The summed E-state index contributed by atoms with van der Waals surface area (Å²) >= 11 is 0. The molecule has 2 atom stereocenters. The molecule has 1 aromatic heterocycles. The molecule has 0 saturated carbocycles. The van der Waals surface area contributed by atoms with E-state index in [9.17, 15) is 27.9 Å². The van der Waals surface area contributed by atoms with Crippen molar-refractivity contribution in [2.75, 3.05) is 20.8 Å². The van der Waals surface area contributed by atoms with Crippen molar-refractivity contribution in [2.45, 2.75) is 31.1 Å². The molecule has 12 heteroatoms. The van der Waals surface area contributed by atoms with Crippen LogP contribution in [0.3, 0.4) is 0 Å². The third-order valence-electron chi connectivity index (χ3n) is 6.87. The largest absolute Gasteiger partial charge is 0.493 e. The van der Waals surface area contributed by atoms with Gasteiger partial charge >= 0.3 is 11.9 Å². The topological polar surface area (TPSA) is 110 Å². The molecule has 192 valence electrons. The Morgan fingerprint density at radius 2 is 1.89 bits per heavy atom. The Morgan fingerprint density at radius 1 is 1.16 bits per heavy atom. The number of likely N-dealkylation sites (tertiary alicyclic amines) is 1. The van der Waals surface area contributed by atoms with E-state index in [0.717, 1.165) is 10.6 Å². The molecule has 0 aliphatic carbocycles. The lowest BCUT2D eigenvalue weighted by molar-refractivity contribution is -0.137. The van der Waals surface area contributed by atoms with Crippen LogP contribution in [0, 0.1) is 11.3 Å². The van der Waals surface area contributed by atoms with Crippen molar-refractivity contribution in [1.29, 1.82) is 5.26 Å². The molecular formula is C25H21F3N4O5. The molecule has 2 aromatic carbocycles. The molecule has 3 aromatic rings. The maximum absolute atomic E-state index is 13.5. The van der Waals surface area contributed by atoms with E-state index in [1.165, 1.54) is 30.9 Å². The van der Waals surface area contributed by atoms with Crippen LogP contribution in [-0.4, -0.2) is 45.8 Å². The standard InChI is InChI=1S/C25H21F3N4O5/c1-36-19-6-3-13(7-20(19)37-2)8-21(33)30-12-16-10-18(30)22-23(34)32(24(35)31(16)22)15-5-4-14(11-29)17(9-15)25(26,27)28/h3-7,9,16,18,34H,8,10,12H2,1-2H3/t16-,18-/m0/s1. The molecular weight excluding hydrogens is 493 g/mol. The van der Waals surface area contributed by atoms with Gasteiger partial charge < -0.3 is 19.5 Å². The molecule has 1 saturated heterocycles. The molecule has 2 aliphatic rings. The average molecular weight is 514 g/mol. The Morgan fingerprint density at radius 3 is 2.54 bits per heavy atom. The highest BCUT2D eigenvalue weighted by Crippen LogP contribution is 2.49. The Hall–Kier alpha value is -4.40. The van der Waals surface area contributed by atoms with E-state index in [-0.39, 0.29) is 30.3 Å². The zero-order valence-electron chi connectivity index (χ0n) is 19.7. The lowest BCUT2D eigenvalue weighted by Gasteiger charge is -2.28. The van der Waals surface area contributed by atoms with Gasteiger partial charge in [0.25, 0.3) is 0 Å². The molecule has 2 aliphatic heterocycles. The fraction of sp³-hybridized carbons (Fsp3) is 0.320. The number of aromatic nitrogens is 2. The molecule has 1 amide bonds. The Labute approximate surface area is 208 Å². The van der Waals surface area contributed by atoms with Crippen molar-refractivity contribution in [3.05, 3.63) is 69.3 Å². The number of benzene rings is 2. The predicted octanol–water partition coefficient (Wildman–Crippen LogP) is 3.32. The number of methoxy groups -OCH3 is 2. The van der Waals surface area contributed by atoms with Gasteiger partial charge in [-0.05, 0) is 42.3 Å². The third kappa shape index (κ3) is 3.78. The lowest BCUT2D eigenvalue weighted by atomic mass is 10.1. The second-order valence-corrected chi connectivity index (χ2v) is 8.85. The van der Waals surface area contributed by atoms with Crippen molar-refractivity contribution in [3.8, 4) is 29.1 Å². The molecule has 37 heavy (non-hydrogen) atoms. The Kier molecular flexibility index (Phi) is 5.66.